The van der Waals surface area contributed by atoms with Crippen LogP contribution in [0, 0.1) is 0 Å². The van der Waals surface area contributed by atoms with Crippen LogP contribution in [0.3, 0.4) is 0 Å². The molecule has 4 amide bonds. The molecule has 0 aromatic rings. The first kappa shape index (κ1) is 28.1. The topological polar surface area (TPSA) is 251 Å². The Morgan fingerprint density at radius 2 is 1.48 bits per heavy atom. The predicted octanol–water partition coefficient (Wildman–Crippen LogP) is -4.10. The maximum absolute atomic E-state index is 12.5. The number of nitrogens with two attached hydrogens (primary N) is 2. The third kappa shape index (κ3) is 10.6. The Morgan fingerprint density at radius 3 is 1.90 bits per heavy atom. The summed E-state index contributed by atoms with van der Waals surface area (Å²) in [6, 6.07) is -5.92. The highest BCUT2D eigenvalue weighted by atomic mass is 32.1. The number of thiol groups is 1. The van der Waals surface area contributed by atoms with Crippen molar-refractivity contribution < 1.29 is 44.1 Å². The number of carbonyl (C=O) groups is 6. The molecule has 0 aliphatic carbocycles. The van der Waals surface area contributed by atoms with Crippen molar-refractivity contribution in [1.29, 1.82) is 0 Å². The van der Waals surface area contributed by atoms with E-state index in [0.717, 1.165) is 6.92 Å². The summed E-state index contributed by atoms with van der Waals surface area (Å²) >= 11 is 3.79. The molecule has 0 heterocycles. The largest absolute Gasteiger partial charge is 0.481 e. The van der Waals surface area contributed by atoms with Gasteiger partial charge in [0.05, 0.1) is 18.6 Å². The lowest BCUT2D eigenvalue weighted by atomic mass is 10.1. The lowest BCUT2D eigenvalue weighted by Gasteiger charge is -2.26. The van der Waals surface area contributed by atoms with Crippen LogP contribution in [0.5, 0.6) is 0 Å². The van der Waals surface area contributed by atoms with E-state index in [4.69, 9.17) is 21.7 Å². The van der Waals surface area contributed by atoms with Crippen LogP contribution in [0.1, 0.15) is 26.2 Å². The van der Waals surface area contributed by atoms with Crippen LogP contribution < -0.4 is 27.4 Å². The molecule has 176 valence electrons. The van der Waals surface area contributed by atoms with Gasteiger partial charge in [0.1, 0.15) is 18.1 Å². The molecule has 0 radical (unpaired) electrons. The molecule has 5 unspecified atom stereocenters. The zero-order chi connectivity index (χ0) is 24.3. The van der Waals surface area contributed by atoms with Gasteiger partial charge in [-0.2, -0.15) is 12.6 Å². The highest BCUT2D eigenvalue weighted by molar-refractivity contribution is 7.80. The summed E-state index contributed by atoms with van der Waals surface area (Å²) in [5.74, 6) is -6.88. The molecular weight excluding hydrogens is 438 g/mol. The number of hydrogen-bond donors (Lipinski definition) is 9. The monoisotopic (exact) mass is 465 g/mol. The molecule has 0 rings (SSSR count). The van der Waals surface area contributed by atoms with Gasteiger partial charge in [-0.15, -0.1) is 0 Å². The third-order valence-corrected chi connectivity index (χ3v) is 4.26. The van der Waals surface area contributed by atoms with Crippen LogP contribution >= 0.6 is 12.6 Å². The Balaban J connectivity index is 5.41. The highest BCUT2D eigenvalue weighted by Gasteiger charge is 2.32. The highest BCUT2D eigenvalue weighted by Crippen LogP contribution is 2.03. The molecule has 0 fully saturated rings. The number of aliphatic hydroxyl groups excluding tert-OH is 1. The molecule has 0 aromatic heterocycles. The SMILES string of the molecule is CC(O)C(NC(=O)C(N)CC(N)=O)C(=O)NC(CCC(=O)O)C(=O)NC(CS)C(=O)O. The summed E-state index contributed by atoms with van der Waals surface area (Å²) in [6.45, 7) is 1.15. The average Bonchev–Trinajstić information content (AvgIpc) is 2.65. The lowest BCUT2D eigenvalue weighted by molar-refractivity contribution is -0.142. The fourth-order valence-corrected chi connectivity index (χ4v) is 2.48. The standard InChI is InChI=1S/C16H27N5O9S/c1-6(22)12(21-13(26)7(17)4-10(18)23)15(28)19-8(2-3-11(24)25)14(27)20-9(5-31)16(29)30/h6-9,12,22,31H,2-5,17H2,1H3,(H2,18,23)(H,19,28)(H,20,27)(H,21,26)(H,24,25)(H,29,30). The van der Waals surface area contributed by atoms with E-state index in [9.17, 15) is 33.9 Å². The van der Waals surface area contributed by atoms with Crippen molar-refractivity contribution in [1.82, 2.24) is 16.0 Å². The normalized spacial score (nSPS) is 15.5. The number of amides is 4. The van der Waals surface area contributed by atoms with Crippen LogP contribution in [0.2, 0.25) is 0 Å². The van der Waals surface area contributed by atoms with Gasteiger partial charge in [-0.3, -0.25) is 24.0 Å². The van der Waals surface area contributed by atoms with E-state index in [1.165, 1.54) is 0 Å². The second-order valence-electron chi connectivity index (χ2n) is 6.58. The minimum absolute atomic E-state index is 0.273. The lowest BCUT2D eigenvalue weighted by Crippen LogP contribution is -2.60. The van der Waals surface area contributed by atoms with Crippen LogP contribution in [0.4, 0.5) is 0 Å². The molecule has 0 aromatic carbocycles. The van der Waals surface area contributed by atoms with Gasteiger partial charge in [-0.25, -0.2) is 4.79 Å². The second kappa shape index (κ2) is 13.4. The minimum Gasteiger partial charge on any atom is -0.481 e. The number of primary amides is 1. The van der Waals surface area contributed by atoms with E-state index < -0.39 is 85.1 Å². The van der Waals surface area contributed by atoms with E-state index in [0.29, 0.717) is 0 Å². The molecule has 15 heteroatoms. The van der Waals surface area contributed by atoms with Crippen molar-refractivity contribution in [2.24, 2.45) is 11.5 Å². The smallest absolute Gasteiger partial charge is 0.327 e. The number of carbonyl (C=O) groups excluding carboxylic acids is 4. The Labute approximate surface area is 182 Å². The van der Waals surface area contributed by atoms with Crippen molar-refractivity contribution in [3.8, 4) is 0 Å². The fraction of sp³-hybridized carbons (Fsp3) is 0.625. The molecule has 0 saturated carbocycles. The van der Waals surface area contributed by atoms with Crippen molar-refractivity contribution in [3.05, 3.63) is 0 Å². The van der Waals surface area contributed by atoms with Gasteiger partial charge in [-0.05, 0) is 13.3 Å². The number of rotatable bonds is 14. The van der Waals surface area contributed by atoms with Crippen molar-refractivity contribution in [2.45, 2.75) is 56.5 Å². The summed E-state index contributed by atoms with van der Waals surface area (Å²) in [4.78, 5) is 69.7. The number of hydrogen-bond acceptors (Lipinski definition) is 9. The van der Waals surface area contributed by atoms with Gasteiger partial charge in [-0.1, -0.05) is 0 Å². The van der Waals surface area contributed by atoms with Gasteiger partial charge in [0.15, 0.2) is 0 Å². The first-order valence-electron chi connectivity index (χ1n) is 8.98. The molecule has 0 aliphatic heterocycles. The molecule has 14 nitrogen and oxygen atoms in total. The van der Waals surface area contributed by atoms with Crippen LogP contribution in [0.15, 0.2) is 0 Å². The van der Waals surface area contributed by atoms with E-state index in [1.54, 1.807) is 0 Å². The summed E-state index contributed by atoms with van der Waals surface area (Å²) in [5.41, 5.74) is 10.4. The van der Waals surface area contributed by atoms with Gasteiger partial charge in [0.25, 0.3) is 0 Å². The number of nitrogens with one attached hydrogen (secondary N) is 3. The van der Waals surface area contributed by atoms with E-state index in [-0.39, 0.29) is 5.75 Å². The molecule has 5 atom stereocenters. The number of carboxylic acids is 2. The van der Waals surface area contributed by atoms with Crippen molar-refractivity contribution >= 4 is 48.2 Å². The maximum atomic E-state index is 12.5. The summed E-state index contributed by atoms with van der Waals surface area (Å²) < 4.78 is 0. The molecule has 0 spiro atoms. The number of carboxylic acid groups (broad SMARTS) is 2. The quantitative estimate of drug-likeness (QED) is 0.112. The predicted molar refractivity (Wildman–Crippen MR) is 108 cm³/mol. The zero-order valence-corrected chi connectivity index (χ0v) is 17.5. The van der Waals surface area contributed by atoms with Gasteiger partial charge < -0.3 is 42.7 Å². The first-order valence-corrected chi connectivity index (χ1v) is 9.61. The minimum atomic E-state index is -1.62. The Bertz CT molecular complexity index is 703. The Morgan fingerprint density at radius 1 is 0.935 bits per heavy atom. The summed E-state index contributed by atoms with van der Waals surface area (Å²) in [6.07, 6.45) is -2.96. The average molecular weight is 465 g/mol. The number of aliphatic hydroxyl groups is 1. The third-order valence-electron chi connectivity index (χ3n) is 3.90. The molecule has 0 saturated heterocycles. The Kier molecular flexibility index (Phi) is 12.1. The van der Waals surface area contributed by atoms with Crippen LogP contribution in [-0.2, 0) is 28.8 Å². The first-order chi connectivity index (χ1) is 14.3. The molecule has 0 bridgehead atoms. The fourth-order valence-electron chi connectivity index (χ4n) is 2.23. The zero-order valence-electron chi connectivity index (χ0n) is 16.6. The van der Waals surface area contributed by atoms with Gasteiger partial charge >= 0.3 is 11.9 Å². The Hall–Kier alpha value is -2.91. The maximum Gasteiger partial charge on any atom is 0.327 e. The molecule has 0 aliphatic rings. The van der Waals surface area contributed by atoms with Crippen LogP contribution in [0.25, 0.3) is 0 Å². The summed E-state index contributed by atoms with van der Waals surface area (Å²) in [7, 11) is 0. The number of aliphatic carboxylic acids is 2. The van der Waals surface area contributed by atoms with E-state index in [2.05, 4.69) is 28.6 Å². The van der Waals surface area contributed by atoms with Crippen LogP contribution in [-0.4, -0.2) is 86.9 Å². The van der Waals surface area contributed by atoms with Gasteiger partial charge in [0.2, 0.25) is 23.6 Å². The van der Waals surface area contributed by atoms with E-state index >= 15 is 0 Å². The van der Waals surface area contributed by atoms with E-state index in [1.807, 2.05) is 0 Å². The molecular formula is C16H27N5O9S. The second-order valence-corrected chi connectivity index (χ2v) is 6.94. The van der Waals surface area contributed by atoms with Crippen molar-refractivity contribution in [2.75, 3.05) is 5.75 Å². The summed E-state index contributed by atoms with van der Waals surface area (Å²) in [5, 5.41) is 34.1. The molecule has 10 N–H and O–H groups in total. The van der Waals surface area contributed by atoms with Crippen molar-refractivity contribution in [3.63, 3.8) is 0 Å². The molecule has 31 heavy (non-hydrogen) atoms. The van der Waals surface area contributed by atoms with Gasteiger partial charge in [0, 0.05) is 12.2 Å².